The number of benzene rings is 1. The molecular formula is C12H13FO2S. The van der Waals surface area contributed by atoms with Gasteiger partial charge in [0.25, 0.3) is 0 Å². The van der Waals surface area contributed by atoms with Crippen LogP contribution in [-0.2, 0) is 4.79 Å². The summed E-state index contributed by atoms with van der Waals surface area (Å²) in [6, 6.07) is 5.68. The molecule has 0 unspecified atom stereocenters. The van der Waals surface area contributed by atoms with Crippen molar-refractivity contribution < 1.29 is 14.3 Å². The van der Waals surface area contributed by atoms with Crippen molar-refractivity contribution in [3.8, 4) is 0 Å². The van der Waals surface area contributed by atoms with Gasteiger partial charge in [-0.1, -0.05) is 12.1 Å². The maximum atomic E-state index is 12.7. The van der Waals surface area contributed by atoms with Crippen molar-refractivity contribution in [1.82, 2.24) is 0 Å². The Balaban J connectivity index is 2.14. The molecule has 2 atom stereocenters. The molecule has 2 rings (SSSR count). The predicted octanol–water partition coefficient (Wildman–Crippen LogP) is 2.18. The van der Waals surface area contributed by atoms with Gasteiger partial charge in [-0.2, -0.15) is 11.8 Å². The zero-order valence-electron chi connectivity index (χ0n) is 8.73. The molecule has 0 aliphatic carbocycles. The molecule has 1 N–H and O–H groups in total. The highest BCUT2D eigenvalue weighted by molar-refractivity contribution is 7.99. The first-order valence-corrected chi connectivity index (χ1v) is 6.38. The Hall–Kier alpha value is -0.870. The third-order valence-electron chi connectivity index (χ3n) is 2.80. The van der Waals surface area contributed by atoms with Gasteiger partial charge in [-0.3, -0.25) is 4.79 Å². The number of Topliss-reactive ketones (excluding diaryl/α,β-unsaturated/α-hetero) is 1. The Morgan fingerprint density at radius 3 is 2.69 bits per heavy atom. The Kier molecular flexibility index (Phi) is 3.61. The van der Waals surface area contributed by atoms with Gasteiger partial charge in [0.1, 0.15) is 11.6 Å². The summed E-state index contributed by atoms with van der Waals surface area (Å²) in [4.78, 5) is 11.6. The van der Waals surface area contributed by atoms with Crippen molar-refractivity contribution in [2.45, 2.75) is 12.5 Å². The Bertz CT molecular complexity index is 377. The van der Waals surface area contributed by atoms with Gasteiger partial charge in [0, 0.05) is 17.9 Å². The summed E-state index contributed by atoms with van der Waals surface area (Å²) in [5.74, 6) is 0.920. The summed E-state index contributed by atoms with van der Waals surface area (Å²) in [5, 5.41) is 10.0. The fourth-order valence-electron chi connectivity index (χ4n) is 1.82. The van der Waals surface area contributed by atoms with Gasteiger partial charge >= 0.3 is 0 Å². The lowest BCUT2D eigenvalue weighted by Crippen LogP contribution is -2.28. The second-order valence-electron chi connectivity index (χ2n) is 3.89. The third-order valence-corrected chi connectivity index (χ3v) is 3.88. The molecule has 86 valence electrons. The number of halogens is 1. The summed E-state index contributed by atoms with van der Waals surface area (Å²) < 4.78 is 12.7. The molecule has 1 aliphatic heterocycles. The molecular weight excluding hydrogens is 227 g/mol. The maximum absolute atomic E-state index is 12.7. The second kappa shape index (κ2) is 4.97. The number of aliphatic hydroxyl groups is 1. The molecule has 0 bridgehead atoms. The minimum atomic E-state index is -0.805. The Labute approximate surface area is 97.9 Å². The number of carbonyl (C=O) groups excluding carboxylic acids is 1. The first kappa shape index (κ1) is 11.6. The molecule has 0 amide bonds. The SMILES string of the molecule is O=C1CCSC[C@@H]1[C@H](O)c1ccc(F)cc1. The molecule has 0 radical (unpaired) electrons. The molecule has 0 aromatic heterocycles. The van der Waals surface area contributed by atoms with Crippen LogP contribution in [0, 0.1) is 11.7 Å². The normalized spacial score (nSPS) is 23.1. The van der Waals surface area contributed by atoms with Crippen LogP contribution in [0.5, 0.6) is 0 Å². The van der Waals surface area contributed by atoms with E-state index in [1.165, 1.54) is 24.3 Å². The standard InChI is InChI=1S/C12H13FO2S/c13-9-3-1-8(2-4-9)12(15)10-7-16-6-5-11(10)14/h1-4,10,12,15H,5-7H2/t10-,12+/m0/s1. The van der Waals surface area contributed by atoms with Crippen LogP contribution in [0.25, 0.3) is 0 Å². The van der Waals surface area contributed by atoms with Crippen molar-refractivity contribution in [2.75, 3.05) is 11.5 Å². The van der Waals surface area contributed by atoms with E-state index in [0.717, 1.165) is 5.75 Å². The molecule has 1 heterocycles. The highest BCUT2D eigenvalue weighted by Crippen LogP contribution is 2.30. The van der Waals surface area contributed by atoms with Crippen LogP contribution in [0.15, 0.2) is 24.3 Å². The average molecular weight is 240 g/mol. The summed E-state index contributed by atoms with van der Waals surface area (Å²) in [6.07, 6.45) is -0.283. The number of rotatable bonds is 2. The Morgan fingerprint density at radius 2 is 2.06 bits per heavy atom. The first-order chi connectivity index (χ1) is 7.68. The molecule has 1 aromatic rings. The maximum Gasteiger partial charge on any atom is 0.140 e. The molecule has 2 nitrogen and oxygen atoms in total. The van der Waals surface area contributed by atoms with E-state index in [4.69, 9.17) is 0 Å². The van der Waals surface area contributed by atoms with E-state index in [1.54, 1.807) is 11.8 Å². The summed E-state index contributed by atoms with van der Waals surface area (Å²) in [6.45, 7) is 0. The van der Waals surface area contributed by atoms with Crippen LogP contribution in [0.2, 0.25) is 0 Å². The van der Waals surface area contributed by atoms with Crippen molar-refractivity contribution >= 4 is 17.5 Å². The van der Waals surface area contributed by atoms with E-state index >= 15 is 0 Å². The van der Waals surface area contributed by atoms with Gasteiger partial charge in [0.2, 0.25) is 0 Å². The van der Waals surface area contributed by atoms with Crippen LogP contribution in [-0.4, -0.2) is 22.4 Å². The molecule has 0 saturated carbocycles. The van der Waals surface area contributed by atoms with Gasteiger partial charge in [-0.25, -0.2) is 4.39 Å². The highest BCUT2D eigenvalue weighted by Gasteiger charge is 2.30. The number of hydrogen-bond donors (Lipinski definition) is 1. The van der Waals surface area contributed by atoms with Crippen LogP contribution >= 0.6 is 11.8 Å². The lowest BCUT2D eigenvalue weighted by atomic mass is 9.92. The number of aliphatic hydroxyl groups excluding tert-OH is 1. The zero-order chi connectivity index (χ0) is 11.5. The van der Waals surface area contributed by atoms with E-state index < -0.39 is 6.10 Å². The van der Waals surface area contributed by atoms with Gasteiger partial charge in [-0.05, 0) is 17.7 Å². The second-order valence-corrected chi connectivity index (χ2v) is 5.04. The number of hydrogen-bond acceptors (Lipinski definition) is 3. The quantitative estimate of drug-likeness (QED) is 0.861. The van der Waals surface area contributed by atoms with E-state index in [9.17, 15) is 14.3 Å². The molecule has 1 fully saturated rings. The molecule has 0 spiro atoms. The minimum absolute atomic E-state index is 0.107. The van der Waals surface area contributed by atoms with Crippen LogP contribution in [0.1, 0.15) is 18.1 Å². The molecule has 1 saturated heterocycles. The van der Waals surface area contributed by atoms with E-state index in [-0.39, 0.29) is 17.5 Å². The topological polar surface area (TPSA) is 37.3 Å². The Morgan fingerprint density at radius 1 is 1.38 bits per heavy atom. The summed E-state index contributed by atoms with van der Waals surface area (Å²) in [5.41, 5.74) is 0.613. The average Bonchev–Trinajstić information content (AvgIpc) is 2.30. The van der Waals surface area contributed by atoms with Gasteiger partial charge in [0.15, 0.2) is 0 Å². The molecule has 4 heteroatoms. The largest absolute Gasteiger partial charge is 0.388 e. The van der Waals surface area contributed by atoms with E-state index in [0.29, 0.717) is 17.7 Å². The number of carbonyl (C=O) groups is 1. The summed E-state index contributed by atoms with van der Waals surface area (Å²) >= 11 is 1.68. The first-order valence-electron chi connectivity index (χ1n) is 5.22. The zero-order valence-corrected chi connectivity index (χ0v) is 9.54. The van der Waals surface area contributed by atoms with Gasteiger partial charge < -0.3 is 5.11 Å². The van der Waals surface area contributed by atoms with Gasteiger partial charge in [-0.15, -0.1) is 0 Å². The van der Waals surface area contributed by atoms with E-state index in [2.05, 4.69) is 0 Å². The molecule has 16 heavy (non-hydrogen) atoms. The fraction of sp³-hybridized carbons (Fsp3) is 0.417. The lowest BCUT2D eigenvalue weighted by Gasteiger charge is -2.25. The number of ketones is 1. The van der Waals surface area contributed by atoms with Crippen molar-refractivity contribution in [3.05, 3.63) is 35.6 Å². The van der Waals surface area contributed by atoms with Crippen LogP contribution in [0.3, 0.4) is 0 Å². The minimum Gasteiger partial charge on any atom is -0.388 e. The van der Waals surface area contributed by atoms with Crippen molar-refractivity contribution in [2.24, 2.45) is 5.92 Å². The third kappa shape index (κ3) is 2.44. The monoisotopic (exact) mass is 240 g/mol. The molecule has 1 aromatic carbocycles. The lowest BCUT2D eigenvalue weighted by molar-refractivity contribution is -0.125. The summed E-state index contributed by atoms with van der Waals surface area (Å²) in [7, 11) is 0. The smallest absolute Gasteiger partial charge is 0.140 e. The highest BCUT2D eigenvalue weighted by atomic mass is 32.2. The number of thioether (sulfide) groups is 1. The van der Waals surface area contributed by atoms with Crippen LogP contribution < -0.4 is 0 Å². The van der Waals surface area contributed by atoms with Crippen molar-refractivity contribution in [1.29, 1.82) is 0 Å². The van der Waals surface area contributed by atoms with Crippen molar-refractivity contribution in [3.63, 3.8) is 0 Å². The van der Waals surface area contributed by atoms with Crippen LogP contribution in [0.4, 0.5) is 4.39 Å². The van der Waals surface area contributed by atoms with E-state index in [1.807, 2.05) is 0 Å². The fourth-order valence-corrected chi connectivity index (χ4v) is 2.96. The van der Waals surface area contributed by atoms with Gasteiger partial charge in [0.05, 0.1) is 12.0 Å². The predicted molar refractivity (Wildman–Crippen MR) is 61.8 cm³/mol. The molecule has 1 aliphatic rings.